The second kappa shape index (κ2) is 10.3. The third-order valence-corrected chi connectivity index (χ3v) is 7.22. The molecule has 0 bridgehead atoms. The zero-order chi connectivity index (χ0) is 25.1. The van der Waals surface area contributed by atoms with E-state index in [9.17, 15) is 14.9 Å². The van der Waals surface area contributed by atoms with E-state index in [2.05, 4.69) is 27.2 Å². The number of fused-ring (bicyclic) bond motifs is 3. The molecule has 2 aliphatic rings. The Labute approximate surface area is 210 Å². The van der Waals surface area contributed by atoms with Gasteiger partial charge in [-0.2, -0.15) is 0 Å². The van der Waals surface area contributed by atoms with E-state index in [0.717, 1.165) is 35.7 Å². The summed E-state index contributed by atoms with van der Waals surface area (Å²) in [5.41, 5.74) is 4.08. The lowest BCUT2D eigenvalue weighted by Crippen LogP contribution is -2.61. The van der Waals surface area contributed by atoms with Gasteiger partial charge in [0.05, 0.1) is 29.7 Å². The smallest absolute Gasteiger partial charge is 0.269 e. The number of rotatable bonds is 7. The highest BCUT2D eigenvalue weighted by molar-refractivity contribution is 5.82. The topological polar surface area (TPSA) is 87.9 Å². The van der Waals surface area contributed by atoms with Crippen molar-refractivity contribution in [1.82, 2.24) is 5.32 Å². The molecule has 1 saturated heterocycles. The predicted molar refractivity (Wildman–Crippen MR) is 140 cm³/mol. The van der Waals surface area contributed by atoms with Gasteiger partial charge in [0.15, 0.2) is 0 Å². The number of nitro groups is 1. The first kappa shape index (κ1) is 23.7. The first-order chi connectivity index (χ1) is 17.5. The van der Waals surface area contributed by atoms with Gasteiger partial charge in [0, 0.05) is 44.0 Å². The maximum absolute atomic E-state index is 13.5. The van der Waals surface area contributed by atoms with E-state index in [1.54, 1.807) is 19.2 Å². The number of nitrogens with zero attached hydrogens (tertiary/aromatic N) is 3. The molecule has 0 aliphatic carbocycles. The molecule has 0 saturated carbocycles. The molecule has 186 valence electrons. The molecule has 1 N–H and O–H groups in total. The van der Waals surface area contributed by atoms with Crippen LogP contribution in [0.1, 0.15) is 11.1 Å². The largest absolute Gasteiger partial charge is 0.495 e. The van der Waals surface area contributed by atoms with Crippen LogP contribution in [0.4, 0.5) is 17.1 Å². The van der Waals surface area contributed by atoms with E-state index in [-0.39, 0.29) is 28.5 Å². The number of ether oxygens (including phenoxy) is 1. The zero-order valence-electron chi connectivity index (χ0n) is 20.3. The summed E-state index contributed by atoms with van der Waals surface area (Å²) in [5, 5.41) is 14.6. The van der Waals surface area contributed by atoms with Gasteiger partial charge in [-0.05, 0) is 42.2 Å². The molecule has 1 amide bonds. The van der Waals surface area contributed by atoms with Crippen LogP contribution in [0.15, 0.2) is 72.8 Å². The van der Waals surface area contributed by atoms with Crippen molar-refractivity contribution in [3.63, 3.8) is 0 Å². The molecule has 2 aliphatic heterocycles. The number of carbonyl (C=O) groups is 1. The molecular weight excluding hydrogens is 456 g/mol. The number of anilines is 2. The van der Waals surface area contributed by atoms with Gasteiger partial charge in [0.25, 0.3) is 5.69 Å². The van der Waals surface area contributed by atoms with E-state index >= 15 is 0 Å². The monoisotopic (exact) mass is 486 g/mol. The Morgan fingerprint density at radius 3 is 2.61 bits per heavy atom. The Balaban J connectivity index is 1.41. The molecule has 0 aromatic heterocycles. The number of hydrogen-bond acceptors (Lipinski definition) is 6. The maximum atomic E-state index is 13.5. The van der Waals surface area contributed by atoms with Crippen molar-refractivity contribution in [3.05, 3.63) is 94.0 Å². The lowest BCUT2D eigenvalue weighted by molar-refractivity contribution is -0.384. The lowest BCUT2D eigenvalue weighted by Gasteiger charge is -2.49. The van der Waals surface area contributed by atoms with Crippen molar-refractivity contribution in [2.24, 2.45) is 5.92 Å². The molecule has 0 radical (unpaired) electrons. The van der Waals surface area contributed by atoms with Crippen LogP contribution in [0.2, 0.25) is 0 Å². The number of hydrogen-bond donors (Lipinski definition) is 1. The number of para-hydroxylation sites is 2. The van der Waals surface area contributed by atoms with Crippen molar-refractivity contribution >= 4 is 23.0 Å². The fourth-order valence-corrected chi connectivity index (χ4v) is 5.44. The summed E-state index contributed by atoms with van der Waals surface area (Å²) in [7, 11) is 1.67. The molecule has 8 heteroatoms. The Morgan fingerprint density at radius 2 is 1.83 bits per heavy atom. The Kier molecular flexibility index (Phi) is 6.75. The van der Waals surface area contributed by atoms with E-state index < -0.39 is 0 Å². The molecule has 3 aromatic rings. The normalized spacial score (nSPS) is 18.7. The van der Waals surface area contributed by atoms with E-state index in [0.29, 0.717) is 26.1 Å². The highest BCUT2D eigenvalue weighted by Crippen LogP contribution is 2.39. The molecule has 0 unspecified atom stereocenters. The highest BCUT2D eigenvalue weighted by Gasteiger charge is 2.42. The highest BCUT2D eigenvalue weighted by atomic mass is 16.6. The zero-order valence-corrected chi connectivity index (χ0v) is 20.3. The van der Waals surface area contributed by atoms with Crippen LogP contribution < -0.4 is 19.9 Å². The summed E-state index contributed by atoms with van der Waals surface area (Å²) in [6.07, 6.45) is 1.22. The second-order valence-electron chi connectivity index (χ2n) is 9.29. The van der Waals surface area contributed by atoms with Crippen molar-refractivity contribution in [2.45, 2.75) is 18.9 Å². The minimum absolute atomic E-state index is 0.0139. The van der Waals surface area contributed by atoms with Crippen LogP contribution in [0, 0.1) is 16.0 Å². The molecular formula is C28H30N4O4. The summed E-state index contributed by atoms with van der Waals surface area (Å²) in [5.74, 6) is 0.467. The molecule has 5 rings (SSSR count). The number of carbonyl (C=O) groups excluding carboxylic acids is 1. The standard InChI is InChI=1S/C28H30N4O4/c1-36-27-10-6-5-9-25(27)30-15-16-31-24-12-11-22(32(34)35)17-21(24)18-23(26(31)19-30)28(33)29-14-13-20-7-3-2-4-8-20/h2-12,17,23,26H,13-16,18-19H2,1H3,(H,29,33)/t23-,26+/m1/s1. The predicted octanol–water partition coefficient (Wildman–Crippen LogP) is 3.83. The van der Waals surface area contributed by atoms with Gasteiger partial charge >= 0.3 is 0 Å². The number of piperazine rings is 1. The summed E-state index contributed by atoms with van der Waals surface area (Å²) in [6, 6.07) is 23.0. The van der Waals surface area contributed by atoms with Crippen LogP contribution in [0.5, 0.6) is 5.75 Å². The SMILES string of the molecule is COc1ccccc1N1CCN2c3ccc([N+](=O)[O-])cc3C[C@@H](C(=O)NCCc3ccccc3)[C@@H]2C1. The fraction of sp³-hybridized carbons (Fsp3) is 0.321. The molecule has 3 aromatic carbocycles. The number of nitro benzene ring substituents is 1. The molecule has 2 heterocycles. The van der Waals surface area contributed by atoms with Crippen molar-refractivity contribution in [3.8, 4) is 5.75 Å². The molecule has 8 nitrogen and oxygen atoms in total. The van der Waals surface area contributed by atoms with Crippen LogP contribution >= 0.6 is 0 Å². The summed E-state index contributed by atoms with van der Waals surface area (Å²) in [6.45, 7) is 2.68. The molecule has 2 atom stereocenters. The minimum atomic E-state index is -0.374. The Bertz CT molecular complexity index is 1250. The summed E-state index contributed by atoms with van der Waals surface area (Å²) >= 11 is 0. The van der Waals surface area contributed by atoms with Crippen molar-refractivity contribution in [2.75, 3.05) is 43.1 Å². The van der Waals surface area contributed by atoms with Crippen LogP contribution in [-0.4, -0.2) is 50.2 Å². The van der Waals surface area contributed by atoms with Gasteiger partial charge in [-0.15, -0.1) is 0 Å². The summed E-state index contributed by atoms with van der Waals surface area (Å²) < 4.78 is 5.60. The van der Waals surface area contributed by atoms with Gasteiger partial charge in [0.1, 0.15) is 5.75 Å². The number of nitrogens with one attached hydrogen (secondary N) is 1. The number of non-ortho nitro benzene ring substituents is 1. The molecule has 36 heavy (non-hydrogen) atoms. The third-order valence-electron chi connectivity index (χ3n) is 7.22. The number of amides is 1. The second-order valence-corrected chi connectivity index (χ2v) is 9.29. The van der Waals surface area contributed by atoms with Gasteiger partial charge < -0.3 is 19.9 Å². The van der Waals surface area contributed by atoms with Crippen LogP contribution in [0.25, 0.3) is 0 Å². The first-order valence-electron chi connectivity index (χ1n) is 12.3. The fourth-order valence-electron chi connectivity index (χ4n) is 5.44. The number of methoxy groups -OCH3 is 1. The Hall–Kier alpha value is -4.07. The average Bonchev–Trinajstić information content (AvgIpc) is 2.92. The lowest BCUT2D eigenvalue weighted by atomic mass is 9.83. The van der Waals surface area contributed by atoms with Gasteiger partial charge in [-0.3, -0.25) is 14.9 Å². The first-order valence-corrected chi connectivity index (χ1v) is 12.3. The van der Waals surface area contributed by atoms with E-state index in [4.69, 9.17) is 4.74 Å². The van der Waals surface area contributed by atoms with Gasteiger partial charge in [-0.25, -0.2) is 0 Å². The number of benzene rings is 3. The molecule has 0 spiro atoms. The quantitative estimate of drug-likeness (QED) is 0.403. The molecule has 1 fully saturated rings. The van der Waals surface area contributed by atoms with Gasteiger partial charge in [-0.1, -0.05) is 42.5 Å². The summed E-state index contributed by atoms with van der Waals surface area (Å²) in [4.78, 5) is 29.1. The van der Waals surface area contributed by atoms with Crippen LogP contribution in [0.3, 0.4) is 0 Å². The van der Waals surface area contributed by atoms with E-state index in [1.165, 1.54) is 5.56 Å². The minimum Gasteiger partial charge on any atom is -0.495 e. The average molecular weight is 487 g/mol. The third kappa shape index (κ3) is 4.71. The Morgan fingerprint density at radius 1 is 1.06 bits per heavy atom. The van der Waals surface area contributed by atoms with E-state index in [1.807, 2.05) is 48.5 Å². The van der Waals surface area contributed by atoms with Crippen LogP contribution in [-0.2, 0) is 17.6 Å². The van der Waals surface area contributed by atoms with Gasteiger partial charge in [0.2, 0.25) is 5.91 Å². The van der Waals surface area contributed by atoms with Crippen molar-refractivity contribution in [1.29, 1.82) is 0 Å². The maximum Gasteiger partial charge on any atom is 0.269 e. The van der Waals surface area contributed by atoms with Crippen molar-refractivity contribution < 1.29 is 14.5 Å².